The van der Waals surface area contributed by atoms with Gasteiger partial charge in [-0.15, -0.1) is 0 Å². The van der Waals surface area contributed by atoms with E-state index in [4.69, 9.17) is 4.74 Å². The first kappa shape index (κ1) is 19.0. The minimum atomic E-state index is -0.475. The fourth-order valence-electron chi connectivity index (χ4n) is 2.68. The molecule has 0 saturated carbocycles. The third-order valence-electron chi connectivity index (χ3n) is 4.16. The lowest BCUT2D eigenvalue weighted by atomic mass is 10.2. The Labute approximate surface area is 162 Å². The van der Waals surface area contributed by atoms with Gasteiger partial charge in [-0.2, -0.15) is 0 Å². The van der Waals surface area contributed by atoms with Gasteiger partial charge < -0.3 is 10.1 Å². The van der Waals surface area contributed by atoms with Gasteiger partial charge >= 0.3 is 0 Å². The number of amidine groups is 1. The maximum atomic E-state index is 12.8. The molecule has 0 bridgehead atoms. The smallest absolute Gasteiger partial charge is 0.233 e. The molecule has 1 saturated heterocycles. The highest BCUT2D eigenvalue weighted by atomic mass is 32.2. The number of benzene rings is 2. The minimum Gasteiger partial charge on any atom is -0.497 e. The molecule has 0 aliphatic carbocycles. The Kier molecular flexibility index (Phi) is 6.13. The van der Waals surface area contributed by atoms with Gasteiger partial charge in [-0.25, -0.2) is 4.99 Å². The zero-order valence-corrected chi connectivity index (χ0v) is 16.0. The molecule has 1 atom stereocenters. The zero-order chi connectivity index (χ0) is 19.2. The van der Waals surface area contributed by atoms with Crippen molar-refractivity contribution in [3.63, 3.8) is 0 Å². The molecule has 6 nitrogen and oxygen atoms in total. The van der Waals surface area contributed by atoms with Crippen molar-refractivity contribution in [2.45, 2.75) is 18.2 Å². The SMILES string of the molecule is CNC(=O)C1CC(=O)N(Cc2ccc(OC)cc2)C(=Nc2ccccc2)S1. The average molecular weight is 383 g/mol. The number of nitrogens with zero attached hydrogens (tertiary/aromatic N) is 2. The number of hydrogen-bond donors (Lipinski definition) is 1. The fraction of sp³-hybridized carbons (Fsp3) is 0.250. The van der Waals surface area contributed by atoms with Crippen molar-refractivity contribution >= 4 is 34.4 Å². The summed E-state index contributed by atoms with van der Waals surface area (Å²) in [6, 6.07) is 17.0. The molecule has 1 aliphatic heterocycles. The van der Waals surface area contributed by atoms with Crippen molar-refractivity contribution in [3.8, 4) is 5.75 Å². The maximum Gasteiger partial charge on any atom is 0.233 e. The van der Waals surface area contributed by atoms with Gasteiger partial charge in [0.1, 0.15) is 5.75 Å². The van der Waals surface area contributed by atoms with Crippen molar-refractivity contribution in [1.82, 2.24) is 10.2 Å². The number of thioether (sulfide) groups is 1. The summed E-state index contributed by atoms with van der Waals surface area (Å²) in [5, 5.41) is 2.67. The summed E-state index contributed by atoms with van der Waals surface area (Å²) in [4.78, 5) is 31.1. The minimum absolute atomic E-state index is 0.118. The lowest BCUT2D eigenvalue weighted by molar-refractivity contribution is -0.130. The molecule has 3 rings (SSSR count). The highest BCUT2D eigenvalue weighted by Gasteiger charge is 2.35. The first-order valence-electron chi connectivity index (χ1n) is 8.56. The van der Waals surface area contributed by atoms with Crippen LogP contribution in [0.25, 0.3) is 0 Å². The highest BCUT2D eigenvalue weighted by Crippen LogP contribution is 2.30. The number of nitrogens with one attached hydrogen (secondary N) is 1. The summed E-state index contributed by atoms with van der Waals surface area (Å²) >= 11 is 1.32. The average Bonchev–Trinajstić information content (AvgIpc) is 2.71. The van der Waals surface area contributed by atoms with E-state index in [2.05, 4.69) is 10.3 Å². The summed E-state index contributed by atoms with van der Waals surface area (Å²) in [5.74, 6) is 0.474. The molecular weight excluding hydrogens is 362 g/mol. The van der Waals surface area contributed by atoms with Gasteiger partial charge in [0.25, 0.3) is 0 Å². The Morgan fingerprint density at radius 3 is 2.56 bits per heavy atom. The van der Waals surface area contributed by atoms with Crippen molar-refractivity contribution in [2.24, 2.45) is 4.99 Å². The predicted molar refractivity (Wildman–Crippen MR) is 107 cm³/mol. The predicted octanol–water partition coefficient (Wildman–Crippen LogP) is 2.96. The van der Waals surface area contributed by atoms with Crippen LogP contribution in [0.4, 0.5) is 5.69 Å². The number of carbonyl (C=O) groups excluding carboxylic acids is 2. The summed E-state index contributed by atoms with van der Waals surface area (Å²) in [5.41, 5.74) is 1.70. The van der Waals surface area contributed by atoms with Gasteiger partial charge in [-0.05, 0) is 29.8 Å². The van der Waals surface area contributed by atoms with Crippen LogP contribution in [0.3, 0.4) is 0 Å². The molecule has 1 unspecified atom stereocenters. The molecule has 1 heterocycles. The van der Waals surface area contributed by atoms with Crippen LogP contribution >= 0.6 is 11.8 Å². The molecule has 0 aromatic heterocycles. The van der Waals surface area contributed by atoms with Crippen molar-refractivity contribution in [2.75, 3.05) is 14.2 Å². The molecule has 0 radical (unpaired) electrons. The molecule has 2 amide bonds. The third kappa shape index (κ3) is 4.68. The second-order valence-electron chi connectivity index (χ2n) is 5.98. The lowest BCUT2D eigenvalue weighted by Gasteiger charge is -2.31. The third-order valence-corrected chi connectivity index (χ3v) is 5.35. The molecule has 140 valence electrons. The maximum absolute atomic E-state index is 12.8. The van der Waals surface area contributed by atoms with Crippen LogP contribution in [0.15, 0.2) is 59.6 Å². The number of ether oxygens (including phenoxy) is 1. The van der Waals surface area contributed by atoms with Crippen LogP contribution in [-0.2, 0) is 16.1 Å². The molecule has 27 heavy (non-hydrogen) atoms. The van der Waals surface area contributed by atoms with Crippen LogP contribution in [0.5, 0.6) is 5.75 Å². The van der Waals surface area contributed by atoms with Gasteiger partial charge in [0.05, 0.1) is 24.6 Å². The zero-order valence-electron chi connectivity index (χ0n) is 15.2. The van der Waals surface area contributed by atoms with E-state index in [-0.39, 0.29) is 18.2 Å². The van der Waals surface area contributed by atoms with E-state index in [1.54, 1.807) is 19.1 Å². The van der Waals surface area contributed by atoms with Gasteiger partial charge in [0.2, 0.25) is 11.8 Å². The normalized spacial score (nSPS) is 18.4. The number of aliphatic imine (C=N–C) groups is 1. The second kappa shape index (κ2) is 8.73. The Morgan fingerprint density at radius 2 is 1.93 bits per heavy atom. The Bertz CT molecular complexity index is 837. The number of methoxy groups -OCH3 is 1. The van der Waals surface area contributed by atoms with Crippen LogP contribution < -0.4 is 10.1 Å². The first-order chi connectivity index (χ1) is 13.1. The molecule has 1 N–H and O–H groups in total. The van der Waals surface area contributed by atoms with Gasteiger partial charge in [-0.3, -0.25) is 14.5 Å². The second-order valence-corrected chi connectivity index (χ2v) is 7.15. The topological polar surface area (TPSA) is 71.0 Å². The Morgan fingerprint density at radius 1 is 1.22 bits per heavy atom. The number of para-hydroxylation sites is 1. The number of hydrogen-bond acceptors (Lipinski definition) is 5. The molecule has 1 aliphatic rings. The molecule has 1 fully saturated rings. The van der Waals surface area contributed by atoms with Crippen LogP contribution in [0.2, 0.25) is 0 Å². The molecule has 7 heteroatoms. The summed E-state index contributed by atoms with van der Waals surface area (Å²) in [7, 11) is 3.19. The number of amides is 2. The summed E-state index contributed by atoms with van der Waals surface area (Å²) in [6.45, 7) is 0.391. The molecular formula is C20H21N3O3S. The number of carbonyl (C=O) groups is 2. The van der Waals surface area contributed by atoms with Crippen molar-refractivity contribution in [1.29, 1.82) is 0 Å². The molecule has 2 aromatic rings. The van der Waals surface area contributed by atoms with Crippen molar-refractivity contribution in [3.05, 3.63) is 60.2 Å². The first-order valence-corrected chi connectivity index (χ1v) is 9.44. The van der Waals surface area contributed by atoms with Crippen molar-refractivity contribution < 1.29 is 14.3 Å². The van der Waals surface area contributed by atoms with E-state index >= 15 is 0 Å². The standard InChI is InChI=1S/C20H21N3O3S/c1-21-19(25)17-12-18(24)23(13-14-8-10-16(26-2)11-9-14)20(27-17)22-15-6-4-3-5-7-15/h3-11,17H,12-13H2,1-2H3,(H,21,25). The monoisotopic (exact) mass is 383 g/mol. The fourth-order valence-corrected chi connectivity index (χ4v) is 3.84. The Balaban J connectivity index is 1.89. The lowest BCUT2D eigenvalue weighted by Crippen LogP contribution is -2.45. The molecule has 2 aromatic carbocycles. The van der Waals surface area contributed by atoms with E-state index in [1.165, 1.54) is 11.8 Å². The van der Waals surface area contributed by atoms with E-state index < -0.39 is 5.25 Å². The van der Waals surface area contributed by atoms with Crippen LogP contribution in [0, 0.1) is 0 Å². The van der Waals surface area contributed by atoms with Gasteiger partial charge in [-0.1, -0.05) is 42.1 Å². The Hall–Kier alpha value is -2.80. The van der Waals surface area contributed by atoms with Gasteiger partial charge in [0, 0.05) is 13.5 Å². The number of rotatable bonds is 5. The van der Waals surface area contributed by atoms with Gasteiger partial charge in [0.15, 0.2) is 5.17 Å². The van der Waals surface area contributed by atoms with E-state index in [1.807, 2.05) is 54.6 Å². The van der Waals surface area contributed by atoms with E-state index in [0.717, 1.165) is 17.0 Å². The largest absolute Gasteiger partial charge is 0.497 e. The highest BCUT2D eigenvalue weighted by molar-refractivity contribution is 8.15. The molecule has 0 spiro atoms. The van der Waals surface area contributed by atoms with Crippen LogP contribution in [-0.4, -0.2) is 41.3 Å². The summed E-state index contributed by atoms with van der Waals surface area (Å²) in [6.07, 6.45) is 0.147. The summed E-state index contributed by atoms with van der Waals surface area (Å²) < 4.78 is 5.18. The van der Waals surface area contributed by atoms with E-state index in [0.29, 0.717) is 11.7 Å². The van der Waals surface area contributed by atoms with Crippen LogP contribution in [0.1, 0.15) is 12.0 Å². The van der Waals surface area contributed by atoms with E-state index in [9.17, 15) is 9.59 Å². The quantitative estimate of drug-likeness (QED) is 0.862.